The van der Waals surface area contributed by atoms with Crippen LogP contribution in [0.25, 0.3) is 26.7 Å². The maximum Gasteiger partial charge on any atom is 0.337 e. The number of rotatable bonds is 6. The number of carboxylic acids is 1. The summed E-state index contributed by atoms with van der Waals surface area (Å²) in [5.41, 5.74) is 5.95. The zero-order valence-electron chi connectivity index (χ0n) is 25.5. The van der Waals surface area contributed by atoms with Gasteiger partial charge in [0.1, 0.15) is 0 Å². The number of nitrogens with zero attached hydrogens (tertiary/aromatic N) is 5. The predicted octanol–water partition coefficient (Wildman–Crippen LogP) is 6.88. The lowest BCUT2D eigenvalue weighted by molar-refractivity contribution is -0.160. The third kappa shape index (κ3) is 5.83. The second kappa shape index (κ2) is 11.4. The van der Waals surface area contributed by atoms with E-state index in [1.54, 1.807) is 11.3 Å². The number of benzene rings is 2. The zero-order chi connectivity index (χ0) is 30.6. The van der Waals surface area contributed by atoms with Crippen molar-refractivity contribution in [2.75, 3.05) is 31.6 Å². The molecule has 3 heterocycles. The molecule has 1 unspecified atom stereocenters. The Morgan fingerprint density at radius 3 is 2.70 bits per heavy atom. The Morgan fingerprint density at radius 2 is 2.00 bits per heavy atom. The fourth-order valence-electron chi connectivity index (χ4n) is 6.12. The number of hydrogen-bond donors (Lipinski definition) is 1. The van der Waals surface area contributed by atoms with Gasteiger partial charge in [-0.15, -0.1) is 11.6 Å². The van der Waals surface area contributed by atoms with E-state index in [9.17, 15) is 9.90 Å². The van der Waals surface area contributed by atoms with E-state index >= 15 is 0 Å². The Kier molecular flexibility index (Phi) is 7.87. The first-order valence-corrected chi connectivity index (χ1v) is 15.9. The van der Waals surface area contributed by atoms with Crippen LogP contribution in [0.15, 0.2) is 48.7 Å². The standard InChI is InChI=1S/C33H38ClN5O3S/c1-19-15-24-30(28(20-7-10-23(34)11-8-20)27(19)29(31(40)41)42-33(2,3)4)43-32(36-24)39-14-13-37(5)26(18-39)21-9-12-25-22(16-21)17-35-38(25)6/h7-10,12,15-17,23,26,29H,11,13-14,18H2,1-6H3,(H,40,41)/t23?,26-,29+/m1/s1. The number of alkyl halides is 1. The maximum atomic E-state index is 12.7. The van der Waals surface area contributed by atoms with E-state index in [1.807, 2.05) is 63.8 Å². The summed E-state index contributed by atoms with van der Waals surface area (Å²) in [4.78, 5) is 22.6. The first-order chi connectivity index (χ1) is 20.4. The van der Waals surface area contributed by atoms with E-state index in [0.717, 1.165) is 62.6 Å². The van der Waals surface area contributed by atoms with Crippen molar-refractivity contribution in [3.8, 4) is 0 Å². The summed E-state index contributed by atoms with van der Waals surface area (Å²) in [6, 6.07) is 8.80. The van der Waals surface area contributed by atoms with Gasteiger partial charge in [-0.05, 0) is 76.1 Å². The maximum absolute atomic E-state index is 12.7. The lowest BCUT2D eigenvalue weighted by Crippen LogP contribution is -2.46. The van der Waals surface area contributed by atoms with Gasteiger partial charge in [-0.25, -0.2) is 9.78 Å². The van der Waals surface area contributed by atoms with E-state index in [0.29, 0.717) is 12.0 Å². The monoisotopic (exact) mass is 619 g/mol. The SMILES string of the molecule is Cc1cc2nc(N3CCN(C)[C@@H](c4ccc5c(cnn5C)c4)C3)sc2c(C2=CCC(Cl)C=C2)c1[C@H](OC(C)(C)C)C(=O)O. The van der Waals surface area contributed by atoms with Crippen LogP contribution in [-0.2, 0) is 16.6 Å². The molecule has 1 aliphatic carbocycles. The number of anilines is 1. The molecular formula is C33H38ClN5O3S. The number of fused-ring (bicyclic) bond motifs is 2. The Bertz CT molecular complexity index is 1770. The number of aromatic nitrogens is 3. The molecule has 2 aromatic heterocycles. The molecule has 0 spiro atoms. The summed E-state index contributed by atoms with van der Waals surface area (Å²) < 4.78 is 9.05. The average molecular weight is 620 g/mol. The largest absolute Gasteiger partial charge is 0.479 e. The van der Waals surface area contributed by atoms with Crippen molar-refractivity contribution < 1.29 is 14.6 Å². The summed E-state index contributed by atoms with van der Waals surface area (Å²) in [5.74, 6) is -1.01. The molecule has 1 N–H and O–H groups in total. The molecule has 8 nitrogen and oxygen atoms in total. The number of hydrogen-bond acceptors (Lipinski definition) is 7. The van der Waals surface area contributed by atoms with Gasteiger partial charge < -0.3 is 14.7 Å². The van der Waals surface area contributed by atoms with Crippen LogP contribution in [0.2, 0.25) is 0 Å². The molecule has 0 saturated carbocycles. The van der Waals surface area contributed by atoms with Crippen LogP contribution < -0.4 is 4.90 Å². The third-order valence-corrected chi connectivity index (χ3v) is 9.76. The summed E-state index contributed by atoms with van der Waals surface area (Å²) in [5, 5.41) is 16.8. The molecule has 4 aromatic rings. The predicted molar refractivity (Wildman–Crippen MR) is 175 cm³/mol. The van der Waals surface area contributed by atoms with Gasteiger partial charge in [0, 0.05) is 43.2 Å². The van der Waals surface area contributed by atoms with Crippen molar-refractivity contribution in [2.45, 2.75) is 57.2 Å². The van der Waals surface area contributed by atoms with Crippen molar-refractivity contribution in [2.24, 2.45) is 7.05 Å². The Hall–Kier alpha value is -3.24. The lowest BCUT2D eigenvalue weighted by Gasteiger charge is -2.39. The van der Waals surface area contributed by atoms with Crippen LogP contribution in [-0.4, -0.2) is 68.4 Å². The molecule has 0 amide bonds. The number of allylic oxidation sites excluding steroid dienone is 4. The molecule has 1 saturated heterocycles. The van der Waals surface area contributed by atoms with Crippen molar-refractivity contribution in [3.05, 3.63) is 70.9 Å². The molecule has 1 fully saturated rings. The fourth-order valence-corrected chi connectivity index (χ4v) is 7.44. The summed E-state index contributed by atoms with van der Waals surface area (Å²) in [7, 11) is 4.14. The average Bonchev–Trinajstić information content (AvgIpc) is 3.54. The Morgan fingerprint density at radius 1 is 1.21 bits per heavy atom. The second-order valence-electron chi connectivity index (χ2n) is 12.6. The van der Waals surface area contributed by atoms with Crippen molar-refractivity contribution in [1.29, 1.82) is 0 Å². The molecule has 226 valence electrons. The highest BCUT2D eigenvalue weighted by Crippen LogP contribution is 2.44. The van der Waals surface area contributed by atoms with Gasteiger partial charge in [0.15, 0.2) is 11.2 Å². The minimum atomic E-state index is -1.12. The second-order valence-corrected chi connectivity index (χ2v) is 14.1. The van der Waals surface area contributed by atoms with E-state index in [4.69, 9.17) is 21.3 Å². The lowest BCUT2D eigenvalue weighted by atomic mass is 9.89. The number of ether oxygens (including phenoxy) is 1. The highest BCUT2D eigenvalue weighted by atomic mass is 35.5. The first kappa shape index (κ1) is 29.8. The van der Waals surface area contributed by atoms with Gasteiger partial charge in [-0.3, -0.25) is 9.58 Å². The van der Waals surface area contributed by atoms with Crippen molar-refractivity contribution in [3.63, 3.8) is 0 Å². The molecule has 43 heavy (non-hydrogen) atoms. The van der Waals surface area contributed by atoms with Gasteiger partial charge in [0.05, 0.1) is 39.0 Å². The molecule has 2 aliphatic rings. The van der Waals surface area contributed by atoms with Gasteiger partial charge in [0.25, 0.3) is 0 Å². The van der Waals surface area contributed by atoms with E-state index in [-0.39, 0.29) is 11.4 Å². The molecule has 0 bridgehead atoms. The molecule has 0 radical (unpaired) electrons. The number of carbonyl (C=O) groups is 1. The van der Waals surface area contributed by atoms with Gasteiger partial charge in [0.2, 0.25) is 0 Å². The Labute approximate surface area is 261 Å². The summed E-state index contributed by atoms with van der Waals surface area (Å²) in [6.07, 6.45) is 7.56. The number of halogens is 1. The summed E-state index contributed by atoms with van der Waals surface area (Å²) >= 11 is 8.02. The van der Waals surface area contributed by atoms with Crippen LogP contribution in [0.4, 0.5) is 5.13 Å². The van der Waals surface area contributed by atoms with Crippen LogP contribution in [0.3, 0.4) is 0 Å². The number of aryl methyl sites for hydroxylation is 2. The van der Waals surface area contributed by atoms with Gasteiger partial charge in [-0.1, -0.05) is 35.6 Å². The van der Waals surface area contributed by atoms with Crippen LogP contribution in [0.1, 0.15) is 61.6 Å². The highest BCUT2D eigenvalue weighted by molar-refractivity contribution is 7.22. The molecule has 1 aliphatic heterocycles. The quantitative estimate of drug-likeness (QED) is 0.236. The molecular weight excluding hydrogens is 582 g/mol. The summed E-state index contributed by atoms with van der Waals surface area (Å²) in [6.45, 7) is 10.2. The minimum Gasteiger partial charge on any atom is -0.479 e. The van der Waals surface area contributed by atoms with E-state index < -0.39 is 17.7 Å². The number of likely N-dealkylation sites (N-methyl/N-ethyl adjacent to an activating group) is 1. The minimum absolute atomic E-state index is 0.0845. The van der Waals surface area contributed by atoms with Crippen LogP contribution in [0.5, 0.6) is 0 Å². The zero-order valence-corrected chi connectivity index (χ0v) is 27.0. The highest BCUT2D eigenvalue weighted by Gasteiger charge is 2.34. The fraction of sp³-hybridized carbons (Fsp3) is 0.424. The number of thiazole rings is 1. The topological polar surface area (TPSA) is 83.7 Å². The molecule has 10 heteroatoms. The van der Waals surface area contributed by atoms with E-state index in [2.05, 4.69) is 46.2 Å². The number of piperazine rings is 1. The van der Waals surface area contributed by atoms with Crippen molar-refractivity contribution in [1.82, 2.24) is 19.7 Å². The molecule has 2 aromatic carbocycles. The van der Waals surface area contributed by atoms with Crippen molar-refractivity contribution >= 4 is 60.7 Å². The smallest absolute Gasteiger partial charge is 0.337 e. The van der Waals surface area contributed by atoms with Crippen LogP contribution in [0, 0.1) is 6.92 Å². The first-order valence-electron chi connectivity index (χ1n) is 14.6. The van der Waals surface area contributed by atoms with Gasteiger partial charge in [-0.2, -0.15) is 5.10 Å². The third-order valence-electron chi connectivity index (χ3n) is 8.28. The Balaban J connectivity index is 1.43. The molecule has 6 rings (SSSR count). The van der Waals surface area contributed by atoms with Gasteiger partial charge >= 0.3 is 5.97 Å². The van der Waals surface area contributed by atoms with Crippen LogP contribution >= 0.6 is 22.9 Å². The number of aliphatic carboxylic acids is 1. The molecule has 3 atom stereocenters. The normalized spacial score (nSPS) is 20.6. The van der Waals surface area contributed by atoms with E-state index in [1.165, 1.54) is 5.56 Å². The number of carboxylic acid groups (broad SMARTS) is 1.